The van der Waals surface area contributed by atoms with Crippen molar-refractivity contribution in [1.82, 2.24) is 14.5 Å². The third kappa shape index (κ3) is 5.71. The molecule has 0 radical (unpaired) electrons. The number of carbonyl (C=O) groups excluding carboxylic acids is 1. The Morgan fingerprint density at radius 1 is 1.06 bits per heavy atom. The van der Waals surface area contributed by atoms with Gasteiger partial charge in [-0.15, -0.1) is 0 Å². The molecular formula is C23H30N4O3S. The summed E-state index contributed by atoms with van der Waals surface area (Å²) < 4.78 is 27.7. The van der Waals surface area contributed by atoms with Crippen LogP contribution >= 0.6 is 0 Å². The first-order valence-electron chi connectivity index (χ1n) is 10.7. The summed E-state index contributed by atoms with van der Waals surface area (Å²) in [6.45, 7) is 6.83. The summed E-state index contributed by atoms with van der Waals surface area (Å²) in [4.78, 5) is 17.8. The van der Waals surface area contributed by atoms with E-state index in [0.717, 1.165) is 56.7 Å². The van der Waals surface area contributed by atoms with Crippen LogP contribution < -0.4 is 10.0 Å². The lowest BCUT2D eigenvalue weighted by Crippen LogP contribution is -2.43. The van der Waals surface area contributed by atoms with Crippen LogP contribution in [-0.4, -0.2) is 63.4 Å². The Morgan fingerprint density at radius 2 is 1.81 bits per heavy atom. The van der Waals surface area contributed by atoms with Gasteiger partial charge in [-0.3, -0.25) is 9.69 Å². The molecule has 8 heteroatoms. The summed E-state index contributed by atoms with van der Waals surface area (Å²) in [6.07, 6.45) is 1.73. The smallest absolute Gasteiger partial charge is 0.255 e. The molecule has 2 N–H and O–H groups in total. The molecule has 1 saturated carbocycles. The Morgan fingerprint density at radius 3 is 2.52 bits per heavy atom. The largest absolute Gasteiger partial charge is 0.322 e. The van der Waals surface area contributed by atoms with Crippen molar-refractivity contribution >= 4 is 21.6 Å². The Balaban J connectivity index is 1.46. The molecule has 2 aliphatic rings. The number of likely N-dealkylation sites (N-methyl/N-ethyl adjacent to an activating group) is 1. The fourth-order valence-electron chi connectivity index (χ4n) is 3.71. The number of aryl methyl sites for hydroxylation is 1. The minimum absolute atomic E-state index is 0.0200. The standard InChI is InChI=1S/C23H30N4O3S/c1-17-6-9-21(31(29,30)25-19-7-8-19)15-22(17)23(28)24-20-5-3-4-18(14-20)16-27-12-10-26(2)11-13-27/h3-6,9,14-15,19,25H,7-8,10-13,16H2,1-2H3,(H,24,28). The molecule has 1 aliphatic carbocycles. The van der Waals surface area contributed by atoms with Crippen molar-refractivity contribution in [1.29, 1.82) is 0 Å². The number of piperazine rings is 1. The van der Waals surface area contributed by atoms with Gasteiger partial charge in [0.2, 0.25) is 10.0 Å². The zero-order valence-corrected chi connectivity index (χ0v) is 18.9. The first-order chi connectivity index (χ1) is 14.8. The Bertz CT molecular complexity index is 1060. The van der Waals surface area contributed by atoms with E-state index in [-0.39, 0.29) is 16.8 Å². The fourth-order valence-corrected chi connectivity index (χ4v) is 5.04. The topological polar surface area (TPSA) is 81.7 Å². The van der Waals surface area contributed by atoms with Crippen molar-refractivity contribution in [2.45, 2.75) is 37.2 Å². The lowest BCUT2D eigenvalue weighted by molar-refractivity contribution is 0.102. The molecular weight excluding hydrogens is 412 g/mol. The molecule has 1 amide bonds. The predicted molar refractivity (Wildman–Crippen MR) is 122 cm³/mol. The summed E-state index contributed by atoms with van der Waals surface area (Å²) in [5.41, 5.74) is 2.95. The van der Waals surface area contributed by atoms with Crippen molar-refractivity contribution < 1.29 is 13.2 Å². The van der Waals surface area contributed by atoms with E-state index in [2.05, 4.69) is 33.0 Å². The summed E-state index contributed by atoms with van der Waals surface area (Å²) in [7, 11) is -1.47. The second-order valence-electron chi connectivity index (χ2n) is 8.61. The first kappa shape index (κ1) is 22.0. The second-order valence-corrected chi connectivity index (χ2v) is 10.3. The van der Waals surface area contributed by atoms with Gasteiger partial charge in [0.15, 0.2) is 0 Å². The number of sulfonamides is 1. The molecule has 0 unspecified atom stereocenters. The van der Waals surface area contributed by atoms with Gasteiger partial charge < -0.3 is 10.2 Å². The van der Waals surface area contributed by atoms with E-state index in [0.29, 0.717) is 11.3 Å². The Kier molecular flexibility index (Phi) is 6.43. The quantitative estimate of drug-likeness (QED) is 0.688. The number of hydrogen-bond acceptors (Lipinski definition) is 5. The highest BCUT2D eigenvalue weighted by Gasteiger charge is 2.28. The Labute approximate surface area is 184 Å². The van der Waals surface area contributed by atoms with E-state index >= 15 is 0 Å². The number of benzene rings is 2. The monoisotopic (exact) mass is 442 g/mol. The molecule has 2 aromatic carbocycles. The van der Waals surface area contributed by atoms with Crippen LogP contribution in [-0.2, 0) is 16.6 Å². The van der Waals surface area contributed by atoms with Gasteiger partial charge in [-0.2, -0.15) is 0 Å². The van der Waals surface area contributed by atoms with Crippen LogP contribution in [0.5, 0.6) is 0 Å². The molecule has 1 saturated heterocycles. The molecule has 2 fully saturated rings. The minimum atomic E-state index is -3.61. The van der Waals surface area contributed by atoms with E-state index in [9.17, 15) is 13.2 Å². The average molecular weight is 443 g/mol. The third-order valence-electron chi connectivity index (χ3n) is 5.85. The lowest BCUT2D eigenvalue weighted by Gasteiger charge is -2.32. The van der Waals surface area contributed by atoms with Crippen molar-refractivity contribution in [3.05, 3.63) is 59.2 Å². The van der Waals surface area contributed by atoms with Gasteiger partial charge in [0.05, 0.1) is 4.90 Å². The number of hydrogen-bond donors (Lipinski definition) is 2. The number of anilines is 1. The van der Waals surface area contributed by atoms with Gasteiger partial charge in [-0.25, -0.2) is 13.1 Å². The van der Waals surface area contributed by atoms with Crippen molar-refractivity contribution in [3.63, 3.8) is 0 Å². The summed E-state index contributed by atoms with van der Waals surface area (Å²) in [5, 5.41) is 2.93. The zero-order chi connectivity index (χ0) is 22.0. The second kappa shape index (κ2) is 9.08. The highest BCUT2D eigenvalue weighted by atomic mass is 32.2. The van der Waals surface area contributed by atoms with Gasteiger partial charge >= 0.3 is 0 Å². The Hall–Kier alpha value is -2.26. The molecule has 0 bridgehead atoms. The molecule has 166 valence electrons. The maximum Gasteiger partial charge on any atom is 0.255 e. The third-order valence-corrected chi connectivity index (χ3v) is 7.37. The van der Waals surface area contributed by atoms with Gasteiger partial charge in [0.1, 0.15) is 0 Å². The summed E-state index contributed by atoms with van der Waals surface area (Å²) >= 11 is 0. The van der Waals surface area contributed by atoms with Gasteiger partial charge in [0, 0.05) is 50.0 Å². The van der Waals surface area contributed by atoms with Crippen LogP contribution in [0.3, 0.4) is 0 Å². The lowest BCUT2D eigenvalue weighted by atomic mass is 10.1. The van der Waals surface area contributed by atoms with Crippen LogP contribution in [0.15, 0.2) is 47.4 Å². The maximum atomic E-state index is 12.9. The molecule has 2 aromatic rings. The van der Waals surface area contributed by atoms with Gasteiger partial charge in [-0.05, 0) is 62.2 Å². The first-order valence-corrected chi connectivity index (χ1v) is 12.2. The number of nitrogens with one attached hydrogen (secondary N) is 2. The van der Waals surface area contributed by atoms with Crippen LogP contribution in [0.4, 0.5) is 5.69 Å². The van der Waals surface area contributed by atoms with Crippen molar-refractivity contribution in [2.24, 2.45) is 0 Å². The molecule has 0 aromatic heterocycles. The molecule has 0 spiro atoms. The van der Waals surface area contributed by atoms with Gasteiger partial charge in [0.25, 0.3) is 5.91 Å². The van der Waals surface area contributed by atoms with E-state index in [4.69, 9.17) is 0 Å². The highest BCUT2D eigenvalue weighted by Crippen LogP contribution is 2.24. The van der Waals surface area contributed by atoms with E-state index in [1.165, 1.54) is 6.07 Å². The van der Waals surface area contributed by atoms with E-state index < -0.39 is 10.0 Å². The normalized spacial score (nSPS) is 18.1. The van der Waals surface area contributed by atoms with E-state index in [1.807, 2.05) is 25.1 Å². The number of carbonyl (C=O) groups is 1. The molecule has 31 heavy (non-hydrogen) atoms. The number of amides is 1. The zero-order valence-electron chi connectivity index (χ0n) is 18.1. The van der Waals surface area contributed by atoms with Crippen molar-refractivity contribution in [2.75, 3.05) is 38.5 Å². The van der Waals surface area contributed by atoms with Crippen LogP contribution in [0.1, 0.15) is 34.3 Å². The molecule has 7 nitrogen and oxygen atoms in total. The molecule has 1 aliphatic heterocycles. The van der Waals surface area contributed by atoms with Gasteiger partial charge in [-0.1, -0.05) is 18.2 Å². The number of nitrogens with zero attached hydrogens (tertiary/aromatic N) is 2. The summed E-state index contributed by atoms with van der Waals surface area (Å²) in [6, 6.07) is 12.6. The number of rotatable bonds is 7. The fraction of sp³-hybridized carbons (Fsp3) is 0.435. The van der Waals surface area contributed by atoms with Crippen LogP contribution in [0.2, 0.25) is 0 Å². The predicted octanol–water partition coefficient (Wildman–Crippen LogP) is 2.44. The SMILES string of the molecule is Cc1ccc(S(=O)(=O)NC2CC2)cc1C(=O)Nc1cccc(CN2CCN(C)CC2)c1. The summed E-state index contributed by atoms with van der Waals surface area (Å²) in [5.74, 6) is -0.308. The van der Waals surface area contributed by atoms with E-state index in [1.54, 1.807) is 12.1 Å². The van der Waals surface area contributed by atoms with Crippen molar-refractivity contribution in [3.8, 4) is 0 Å². The molecule has 4 rings (SSSR count). The average Bonchev–Trinajstić information content (AvgIpc) is 3.53. The van der Waals surface area contributed by atoms with Crippen LogP contribution in [0.25, 0.3) is 0 Å². The molecule has 1 heterocycles. The molecule has 0 atom stereocenters. The minimum Gasteiger partial charge on any atom is -0.322 e. The van der Waals surface area contributed by atoms with Crippen LogP contribution in [0, 0.1) is 6.92 Å². The maximum absolute atomic E-state index is 12.9. The highest BCUT2D eigenvalue weighted by molar-refractivity contribution is 7.89.